The zero-order valence-electron chi connectivity index (χ0n) is 20.1. The Balaban J connectivity index is 1.58. The number of ether oxygens (including phenoxy) is 1. The van der Waals surface area contributed by atoms with Gasteiger partial charge in [0.2, 0.25) is 0 Å². The number of aliphatic hydroxyl groups excluding tert-OH is 2. The van der Waals surface area contributed by atoms with Gasteiger partial charge in [-0.3, -0.25) is 14.3 Å². The van der Waals surface area contributed by atoms with Gasteiger partial charge in [-0.05, 0) is 31.0 Å². The molecule has 186 valence electrons. The monoisotopic (exact) mass is 489 g/mol. The first-order valence-electron chi connectivity index (χ1n) is 11.5. The predicted octanol–water partition coefficient (Wildman–Crippen LogP) is 1.48. The molecule has 4 atom stereocenters. The summed E-state index contributed by atoms with van der Waals surface area (Å²) in [5, 5.41) is 26.9. The fourth-order valence-electron chi connectivity index (χ4n) is 4.29. The molecule has 0 bridgehead atoms. The lowest BCUT2D eigenvalue weighted by molar-refractivity contribution is -0.137. The Kier molecular flexibility index (Phi) is 6.35. The maximum atomic E-state index is 12.1. The maximum Gasteiger partial charge on any atom is 0.251 e. The molecule has 11 nitrogen and oxygen atoms in total. The molecule has 1 aromatic carbocycles. The SMILES string of the molecule is CNC(=O)[C@H]1OC(n2cnc3c(NCc4cccc(C)c4)nc(-c4cncc(C)c4)nc32)[C@H](O)[C@@H]1O. The van der Waals surface area contributed by atoms with Crippen LogP contribution in [0.25, 0.3) is 22.6 Å². The van der Waals surface area contributed by atoms with Gasteiger partial charge in [-0.1, -0.05) is 29.8 Å². The lowest BCUT2D eigenvalue weighted by Gasteiger charge is -2.17. The topological polar surface area (TPSA) is 147 Å². The molecule has 1 fully saturated rings. The van der Waals surface area contributed by atoms with E-state index in [4.69, 9.17) is 14.7 Å². The van der Waals surface area contributed by atoms with Gasteiger partial charge >= 0.3 is 0 Å². The van der Waals surface area contributed by atoms with E-state index >= 15 is 0 Å². The highest BCUT2D eigenvalue weighted by atomic mass is 16.6. The molecule has 0 aliphatic carbocycles. The van der Waals surface area contributed by atoms with E-state index in [1.807, 2.05) is 38.1 Å². The minimum atomic E-state index is -1.41. The van der Waals surface area contributed by atoms with Gasteiger partial charge in [-0.15, -0.1) is 0 Å². The first kappa shape index (κ1) is 23.8. The number of aliphatic hydroxyl groups is 2. The number of amides is 1. The third-order valence-electron chi connectivity index (χ3n) is 6.11. The summed E-state index contributed by atoms with van der Waals surface area (Å²) >= 11 is 0. The number of carbonyl (C=O) groups excluding carboxylic acids is 1. The number of hydrogen-bond acceptors (Lipinski definition) is 9. The van der Waals surface area contributed by atoms with Crippen molar-refractivity contribution in [2.45, 2.75) is 44.9 Å². The highest BCUT2D eigenvalue weighted by Gasteiger charge is 2.47. The Labute approximate surface area is 207 Å². The second kappa shape index (κ2) is 9.61. The van der Waals surface area contributed by atoms with Crippen molar-refractivity contribution in [3.05, 3.63) is 65.7 Å². The predicted molar refractivity (Wildman–Crippen MR) is 132 cm³/mol. The fraction of sp³-hybridized carbons (Fsp3) is 0.320. The van der Waals surface area contributed by atoms with Crippen LogP contribution in [-0.2, 0) is 16.1 Å². The molecule has 5 rings (SSSR count). The Morgan fingerprint density at radius 1 is 1.11 bits per heavy atom. The smallest absolute Gasteiger partial charge is 0.251 e. The number of hydrogen-bond donors (Lipinski definition) is 4. The number of imidazole rings is 1. The summed E-state index contributed by atoms with van der Waals surface area (Å²) in [5.41, 5.74) is 4.72. The molecule has 1 saturated heterocycles. The highest BCUT2D eigenvalue weighted by Crippen LogP contribution is 2.33. The van der Waals surface area contributed by atoms with Crippen molar-refractivity contribution in [2.24, 2.45) is 0 Å². The van der Waals surface area contributed by atoms with Crippen LogP contribution in [0.5, 0.6) is 0 Å². The van der Waals surface area contributed by atoms with E-state index < -0.39 is 30.4 Å². The number of fused-ring (bicyclic) bond motifs is 1. The number of nitrogens with one attached hydrogen (secondary N) is 2. The molecule has 0 radical (unpaired) electrons. The molecular weight excluding hydrogens is 462 g/mol. The molecule has 4 N–H and O–H groups in total. The number of anilines is 1. The van der Waals surface area contributed by atoms with E-state index in [1.54, 1.807) is 12.4 Å². The van der Waals surface area contributed by atoms with Crippen LogP contribution in [0.1, 0.15) is 22.9 Å². The number of aromatic nitrogens is 5. The van der Waals surface area contributed by atoms with Crippen LogP contribution >= 0.6 is 0 Å². The van der Waals surface area contributed by atoms with Crippen molar-refractivity contribution < 1.29 is 19.7 Å². The van der Waals surface area contributed by atoms with Crippen molar-refractivity contribution in [3.63, 3.8) is 0 Å². The van der Waals surface area contributed by atoms with Crippen molar-refractivity contribution in [1.82, 2.24) is 29.8 Å². The van der Waals surface area contributed by atoms with Gasteiger partial charge < -0.3 is 25.6 Å². The van der Waals surface area contributed by atoms with E-state index in [0.29, 0.717) is 34.9 Å². The minimum absolute atomic E-state index is 0.377. The lowest BCUT2D eigenvalue weighted by atomic mass is 10.1. The number of benzene rings is 1. The Bertz CT molecular complexity index is 1420. The van der Waals surface area contributed by atoms with Gasteiger partial charge in [0.1, 0.15) is 12.2 Å². The number of nitrogens with zero attached hydrogens (tertiary/aromatic N) is 5. The Morgan fingerprint density at radius 2 is 1.94 bits per heavy atom. The second-order valence-corrected chi connectivity index (χ2v) is 8.86. The first-order chi connectivity index (χ1) is 17.4. The molecular formula is C25H27N7O4. The van der Waals surface area contributed by atoms with Crippen molar-refractivity contribution >= 4 is 22.9 Å². The number of pyridine rings is 1. The zero-order chi connectivity index (χ0) is 25.4. The number of likely N-dealkylation sites (N-methyl/N-ethyl adjacent to an activating group) is 1. The second-order valence-electron chi connectivity index (χ2n) is 8.86. The average molecular weight is 490 g/mol. The first-order valence-corrected chi connectivity index (χ1v) is 11.5. The molecule has 0 spiro atoms. The van der Waals surface area contributed by atoms with Gasteiger partial charge in [0.05, 0.1) is 6.33 Å². The summed E-state index contributed by atoms with van der Waals surface area (Å²) in [6.07, 6.45) is -0.204. The fourth-order valence-corrected chi connectivity index (χ4v) is 4.29. The van der Waals surface area contributed by atoms with Crippen LogP contribution in [-0.4, -0.2) is 66.0 Å². The summed E-state index contributed by atoms with van der Waals surface area (Å²) in [6, 6.07) is 10.0. The number of carbonyl (C=O) groups is 1. The molecule has 1 unspecified atom stereocenters. The normalized spacial score (nSPS) is 21.6. The molecule has 11 heteroatoms. The van der Waals surface area contributed by atoms with E-state index in [2.05, 4.69) is 26.7 Å². The van der Waals surface area contributed by atoms with Crippen LogP contribution in [0.4, 0.5) is 5.82 Å². The third kappa shape index (κ3) is 4.39. The standard InChI is InChI=1S/C25H27N7O4/c1-13-5-4-6-15(7-13)10-28-22-17-23(31-21(30-22)16-8-14(2)9-27-11-16)32(12-29-17)25-19(34)18(33)20(36-25)24(35)26-3/h4-9,11-12,18-20,25,33-34H,10H2,1-3H3,(H,26,35)(H,28,30,31)/t18-,19+,20-,25?/m0/s1. The summed E-state index contributed by atoms with van der Waals surface area (Å²) in [7, 11) is 1.44. The van der Waals surface area contributed by atoms with E-state index in [9.17, 15) is 15.0 Å². The molecule has 1 aliphatic heterocycles. The van der Waals surface area contributed by atoms with Crippen molar-refractivity contribution in [3.8, 4) is 11.4 Å². The molecule has 36 heavy (non-hydrogen) atoms. The molecule has 1 amide bonds. The maximum absolute atomic E-state index is 12.1. The van der Waals surface area contributed by atoms with E-state index in [1.165, 1.54) is 17.9 Å². The summed E-state index contributed by atoms with van der Waals surface area (Å²) in [5.74, 6) is 0.367. The molecule has 4 aromatic rings. The van der Waals surface area contributed by atoms with Gasteiger partial charge in [0.25, 0.3) is 5.91 Å². The van der Waals surface area contributed by atoms with E-state index in [0.717, 1.165) is 16.7 Å². The highest BCUT2D eigenvalue weighted by molar-refractivity contribution is 5.85. The van der Waals surface area contributed by atoms with Gasteiger partial charge in [0, 0.05) is 31.5 Å². The van der Waals surface area contributed by atoms with Crippen LogP contribution in [0.3, 0.4) is 0 Å². The molecule has 1 aliphatic rings. The lowest BCUT2D eigenvalue weighted by Crippen LogP contribution is -2.41. The average Bonchev–Trinajstić information content (AvgIpc) is 3.43. The Morgan fingerprint density at radius 3 is 2.69 bits per heavy atom. The van der Waals surface area contributed by atoms with Gasteiger partial charge in [-0.25, -0.2) is 15.0 Å². The Hall–Kier alpha value is -3.93. The van der Waals surface area contributed by atoms with Crippen LogP contribution in [0, 0.1) is 13.8 Å². The number of rotatable bonds is 6. The van der Waals surface area contributed by atoms with Crippen LogP contribution in [0.15, 0.2) is 49.1 Å². The van der Waals surface area contributed by atoms with Crippen molar-refractivity contribution in [2.75, 3.05) is 12.4 Å². The summed E-state index contributed by atoms with van der Waals surface area (Å²) in [4.78, 5) is 30.3. The summed E-state index contributed by atoms with van der Waals surface area (Å²) in [6.45, 7) is 4.47. The van der Waals surface area contributed by atoms with Crippen molar-refractivity contribution in [1.29, 1.82) is 0 Å². The largest absolute Gasteiger partial charge is 0.387 e. The van der Waals surface area contributed by atoms with Gasteiger partial charge in [0.15, 0.2) is 35.1 Å². The van der Waals surface area contributed by atoms with Gasteiger partial charge in [-0.2, -0.15) is 0 Å². The quantitative estimate of drug-likeness (QED) is 0.316. The molecule has 3 aromatic heterocycles. The zero-order valence-corrected chi connectivity index (χ0v) is 20.1. The third-order valence-corrected chi connectivity index (χ3v) is 6.11. The molecule has 0 saturated carbocycles. The minimum Gasteiger partial charge on any atom is -0.387 e. The van der Waals surface area contributed by atoms with Crippen LogP contribution in [0.2, 0.25) is 0 Å². The molecule has 4 heterocycles. The van der Waals surface area contributed by atoms with Crippen LogP contribution < -0.4 is 10.6 Å². The van der Waals surface area contributed by atoms with E-state index in [-0.39, 0.29) is 0 Å². The summed E-state index contributed by atoms with van der Waals surface area (Å²) < 4.78 is 7.27. The number of aryl methyl sites for hydroxylation is 2.